The lowest BCUT2D eigenvalue weighted by atomic mass is 10.2. The van der Waals surface area contributed by atoms with E-state index in [9.17, 15) is 9.90 Å². The molecule has 0 fully saturated rings. The zero-order chi connectivity index (χ0) is 16.9. The summed E-state index contributed by atoms with van der Waals surface area (Å²) in [5.41, 5.74) is 4.19. The number of aromatic amines is 1. The molecule has 2 aromatic carbocycles. The number of phenols is 1. The maximum atomic E-state index is 12.2. The highest BCUT2D eigenvalue weighted by Gasteiger charge is 2.09. The van der Waals surface area contributed by atoms with E-state index < -0.39 is 0 Å². The van der Waals surface area contributed by atoms with Crippen LogP contribution in [0, 0.1) is 0 Å². The van der Waals surface area contributed by atoms with E-state index in [2.05, 4.69) is 15.5 Å². The average Bonchev–Trinajstić information content (AvgIpc) is 3.00. The molecule has 0 aliphatic carbocycles. The van der Waals surface area contributed by atoms with Crippen molar-refractivity contribution in [3.05, 3.63) is 59.8 Å². The minimum absolute atomic E-state index is 0.101. The van der Waals surface area contributed by atoms with Crippen LogP contribution >= 0.6 is 0 Å². The van der Waals surface area contributed by atoms with Crippen LogP contribution in [-0.2, 0) is 0 Å². The van der Waals surface area contributed by atoms with Crippen molar-refractivity contribution >= 4 is 23.0 Å². The number of nitrogens with zero attached hydrogens (tertiary/aromatic N) is 1. The molecule has 0 spiro atoms. The molecule has 1 amide bonds. The molecule has 24 heavy (non-hydrogen) atoms. The van der Waals surface area contributed by atoms with Crippen molar-refractivity contribution in [3.8, 4) is 11.5 Å². The lowest BCUT2D eigenvalue weighted by Gasteiger charge is -2.01. The minimum Gasteiger partial charge on any atom is -0.507 e. The smallest absolute Gasteiger partial charge is 0.287 e. The molecule has 0 unspecified atom stereocenters. The van der Waals surface area contributed by atoms with Gasteiger partial charge in [0, 0.05) is 16.5 Å². The van der Waals surface area contributed by atoms with Gasteiger partial charge in [0.25, 0.3) is 5.91 Å². The Morgan fingerprint density at radius 2 is 2.12 bits per heavy atom. The zero-order valence-corrected chi connectivity index (χ0v) is 13.1. The number of ether oxygens (including phenoxy) is 1. The molecule has 1 heterocycles. The number of carbonyl (C=O) groups excluding carboxylic acids is 1. The molecule has 0 saturated carbocycles. The van der Waals surface area contributed by atoms with Crippen molar-refractivity contribution in [1.82, 2.24) is 10.4 Å². The molecule has 3 rings (SSSR count). The van der Waals surface area contributed by atoms with Crippen molar-refractivity contribution in [2.75, 3.05) is 6.61 Å². The van der Waals surface area contributed by atoms with E-state index >= 15 is 0 Å². The van der Waals surface area contributed by atoms with Crippen LogP contribution in [0.25, 0.3) is 10.9 Å². The first kappa shape index (κ1) is 15.6. The van der Waals surface area contributed by atoms with Crippen molar-refractivity contribution in [3.63, 3.8) is 0 Å². The maximum absolute atomic E-state index is 12.2. The first-order chi connectivity index (χ1) is 11.7. The molecule has 0 saturated heterocycles. The lowest BCUT2D eigenvalue weighted by Crippen LogP contribution is -2.17. The number of carbonyl (C=O) groups is 1. The molecule has 6 heteroatoms. The Labute approximate surface area is 138 Å². The van der Waals surface area contributed by atoms with Crippen molar-refractivity contribution < 1.29 is 14.6 Å². The summed E-state index contributed by atoms with van der Waals surface area (Å²) >= 11 is 0. The summed E-state index contributed by atoms with van der Waals surface area (Å²) in [5.74, 6) is 0.494. The first-order valence-electron chi connectivity index (χ1n) is 7.54. The Morgan fingerprint density at radius 3 is 2.92 bits per heavy atom. The van der Waals surface area contributed by atoms with E-state index in [0.717, 1.165) is 16.7 Å². The van der Waals surface area contributed by atoms with Gasteiger partial charge in [0.1, 0.15) is 17.2 Å². The highest BCUT2D eigenvalue weighted by atomic mass is 16.5. The molecular weight excluding hydrogens is 306 g/mol. The standard InChI is InChI=1S/C18H17N3O3/c1-2-24-14-7-8-15-13(9-14)10-16(20-15)18(23)21-19-11-12-5-3-4-6-17(12)22/h3-11,20,22H,2H2,1H3,(H,21,23)/b19-11-. The average molecular weight is 323 g/mol. The van der Waals surface area contributed by atoms with E-state index in [4.69, 9.17) is 4.74 Å². The number of hydrogen-bond donors (Lipinski definition) is 3. The van der Waals surface area contributed by atoms with Crippen LogP contribution in [0.2, 0.25) is 0 Å². The van der Waals surface area contributed by atoms with Crippen LogP contribution in [0.1, 0.15) is 23.0 Å². The number of benzene rings is 2. The van der Waals surface area contributed by atoms with Crippen molar-refractivity contribution in [2.24, 2.45) is 5.10 Å². The number of aromatic nitrogens is 1. The Morgan fingerprint density at radius 1 is 1.29 bits per heavy atom. The quantitative estimate of drug-likeness (QED) is 0.498. The second-order valence-electron chi connectivity index (χ2n) is 5.12. The molecule has 0 aliphatic rings. The third kappa shape index (κ3) is 3.38. The second kappa shape index (κ2) is 6.87. The number of H-pyrrole nitrogens is 1. The van der Waals surface area contributed by atoms with Gasteiger partial charge in [0.05, 0.1) is 12.8 Å². The summed E-state index contributed by atoms with van der Waals surface area (Å²) in [7, 11) is 0. The van der Waals surface area contributed by atoms with Gasteiger partial charge in [-0.2, -0.15) is 5.10 Å². The predicted octanol–water partition coefficient (Wildman–Crippen LogP) is 3.04. The fourth-order valence-corrected chi connectivity index (χ4v) is 2.31. The topological polar surface area (TPSA) is 86.7 Å². The van der Waals surface area contributed by atoms with Crippen LogP contribution in [0.15, 0.2) is 53.6 Å². The number of hydrazone groups is 1. The Balaban J connectivity index is 1.73. The number of aromatic hydroxyl groups is 1. The summed E-state index contributed by atoms with van der Waals surface area (Å²) in [6.07, 6.45) is 1.39. The molecule has 1 aromatic heterocycles. The SMILES string of the molecule is CCOc1ccc2[nH]c(C(=O)N/N=C\c3ccccc3O)cc2c1. The summed E-state index contributed by atoms with van der Waals surface area (Å²) in [5, 5.41) is 14.4. The highest BCUT2D eigenvalue weighted by molar-refractivity contribution is 5.98. The van der Waals surface area contributed by atoms with Crippen LogP contribution in [0.3, 0.4) is 0 Å². The zero-order valence-electron chi connectivity index (χ0n) is 13.1. The van der Waals surface area contributed by atoms with Gasteiger partial charge in [0.2, 0.25) is 0 Å². The van der Waals surface area contributed by atoms with Gasteiger partial charge in [0.15, 0.2) is 0 Å². The molecule has 0 atom stereocenters. The number of rotatable bonds is 5. The fraction of sp³-hybridized carbons (Fsp3) is 0.111. The van der Waals surface area contributed by atoms with Crippen LogP contribution in [0.4, 0.5) is 0 Å². The number of hydrogen-bond acceptors (Lipinski definition) is 4. The molecular formula is C18H17N3O3. The Hall–Kier alpha value is -3.28. The number of nitrogens with one attached hydrogen (secondary N) is 2. The van der Waals surface area contributed by atoms with Crippen LogP contribution in [-0.4, -0.2) is 28.8 Å². The largest absolute Gasteiger partial charge is 0.507 e. The summed E-state index contributed by atoms with van der Waals surface area (Å²) in [4.78, 5) is 15.2. The third-order valence-electron chi connectivity index (χ3n) is 3.45. The van der Waals surface area contributed by atoms with Crippen LogP contribution in [0.5, 0.6) is 11.5 Å². The van der Waals surface area contributed by atoms with Gasteiger partial charge in [-0.25, -0.2) is 5.43 Å². The number of phenolic OH excluding ortho intramolecular Hbond substituents is 1. The summed E-state index contributed by atoms with van der Waals surface area (Å²) in [6.45, 7) is 2.51. The first-order valence-corrected chi connectivity index (χ1v) is 7.54. The normalized spacial score (nSPS) is 11.0. The third-order valence-corrected chi connectivity index (χ3v) is 3.45. The van der Waals surface area contributed by atoms with Crippen molar-refractivity contribution in [2.45, 2.75) is 6.92 Å². The van der Waals surface area contributed by atoms with E-state index in [0.29, 0.717) is 17.9 Å². The van der Waals surface area contributed by atoms with E-state index in [1.54, 1.807) is 30.3 Å². The maximum Gasteiger partial charge on any atom is 0.287 e. The summed E-state index contributed by atoms with van der Waals surface area (Å²) < 4.78 is 5.45. The number of amides is 1. The van der Waals surface area contributed by atoms with Gasteiger partial charge in [-0.3, -0.25) is 4.79 Å². The monoisotopic (exact) mass is 323 g/mol. The molecule has 6 nitrogen and oxygen atoms in total. The Kier molecular flexibility index (Phi) is 4.47. The summed E-state index contributed by atoms with van der Waals surface area (Å²) in [6, 6.07) is 14.1. The second-order valence-corrected chi connectivity index (χ2v) is 5.12. The van der Waals surface area contributed by atoms with Gasteiger partial charge in [-0.15, -0.1) is 0 Å². The van der Waals surface area contributed by atoms with Gasteiger partial charge < -0.3 is 14.8 Å². The van der Waals surface area contributed by atoms with Crippen molar-refractivity contribution in [1.29, 1.82) is 0 Å². The molecule has 0 radical (unpaired) electrons. The molecule has 3 N–H and O–H groups in total. The number of fused-ring (bicyclic) bond motifs is 1. The lowest BCUT2D eigenvalue weighted by molar-refractivity contribution is 0.0951. The van der Waals surface area contributed by atoms with E-state index in [1.165, 1.54) is 6.21 Å². The predicted molar refractivity (Wildman–Crippen MR) is 92.6 cm³/mol. The fourth-order valence-electron chi connectivity index (χ4n) is 2.31. The highest BCUT2D eigenvalue weighted by Crippen LogP contribution is 2.21. The minimum atomic E-state index is -0.365. The van der Waals surface area contributed by atoms with E-state index in [-0.39, 0.29) is 11.7 Å². The van der Waals surface area contributed by atoms with Gasteiger partial charge >= 0.3 is 0 Å². The van der Waals surface area contributed by atoms with Crippen LogP contribution < -0.4 is 10.2 Å². The Bertz CT molecular complexity index is 899. The molecule has 0 bridgehead atoms. The number of para-hydroxylation sites is 1. The molecule has 0 aliphatic heterocycles. The van der Waals surface area contributed by atoms with Gasteiger partial charge in [-0.1, -0.05) is 12.1 Å². The van der Waals surface area contributed by atoms with Gasteiger partial charge in [-0.05, 0) is 43.3 Å². The molecule has 3 aromatic rings. The molecule has 122 valence electrons. The van der Waals surface area contributed by atoms with E-state index in [1.807, 2.05) is 25.1 Å².